The van der Waals surface area contributed by atoms with E-state index in [2.05, 4.69) is 43.4 Å². The van der Waals surface area contributed by atoms with Crippen LogP contribution in [0.1, 0.15) is 59.3 Å². The minimum Gasteiger partial charge on any atom is -0.377 e. The number of rotatable bonds is 3. The van der Waals surface area contributed by atoms with Gasteiger partial charge in [-0.1, -0.05) is 20.3 Å². The van der Waals surface area contributed by atoms with Crippen molar-refractivity contribution in [3.05, 3.63) is 0 Å². The predicted molar refractivity (Wildman–Crippen MR) is 102 cm³/mol. The Morgan fingerprint density at radius 2 is 1.88 bits per heavy atom. The molecule has 4 rings (SSSR count). The lowest BCUT2D eigenvalue weighted by Gasteiger charge is -2.55. The average Bonchev–Trinajstić information content (AvgIpc) is 3.00. The molecule has 2 N–H and O–H groups in total. The Kier molecular flexibility index (Phi) is 4.74. The number of guanidine groups is 1. The van der Waals surface area contributed by atoms with Gasteiger partial charge in [-0.25, -0.2) is 0 Å². The summed E-state index contributed by atoms with van der Waals surface area (Å²) in [5.74, 6) is 1.68. The highest BCUT2D eigenvalue weighted by Crippen LogP contribution is 2.52. The molecule has 2 bridgehead atoms. The fourth-order valence-corrected chi connectivity index (χ4v) is 5.98. The van der Waals surface area contributed by atoms with E-state index in [0.717, 1.165) is 31.2 Å². The van der Waals surface area contributed by atoms with Gasteiger partial charge in [0.05, 0.1) is 6.10 Å². The van der Waals surface area contributed by atoms with Gasteiger partial charge in [-0.3, -0.25) is 4.99 Å². The molecule has 5 heteroatoms. The fourth-order valence-electron chi connectivity index (χ4n) is 5.98. The summed E-state index contributed by atoms with van der Waals surface area (Å²) in [6.07, 6.45) is 8.23. The molecule has 0 aromatic rings. The van der Waals surface area contributed by atoms with Gasteiger partial charge in [0.15, 0.2) is 5.96 Å². The second-order valence-electron chi connectivity index (χ2n) is 9.23. The number of aliphatic imine (C=N–C) groups is 1. The molecule has 0 aromatic carbocycles. The van der Waals surface area contributed by atoms with Crippen LogP contribution in [0.25, 0.3) is 0 Å². The molecule has 3 aliphatic heterocycles. The molecule has 5 atom stereocenters. The summed E-state index contributed by atoms with van der Waals surface area (Å²) < 4.78 is 5.95. The van der Waals surface area contributed by atoms with Crippen molar-refractivity contribution in [2.75, 3.05) is 20.2 Å². The fraction of sp³-hybridized carbons (Fsp3) is 0.950. The topological polar surface area (TPSA) is 48.9 Å². The maximum absolute atomic E-state index is 5.95. The summed E-state index contributed by atoms with van der Waals surface area (Å²) in [6.45, 7) is 8.54. The van der Waals surface area contributed by atoms with Gasteiger partial charge in [0.2, 0.25) is 0 Å². The standard InChI is InChI=1S/C20H36N4O/c1-5-21-19(23-17-16-9-10-25-18(16)20(17,2)3)22-13-11-14-7-6-8-15(12-13)24(14)4/h13-18H,5-12H2,1-4H3,(H2,21,22,23). The van der Waals surface area contributed by atoms with Gasteiger partial charge in [-0.2, -0.15) is 0 Å². The predicted octanol–water partition coefficient (Wildman–Crippen LogP) is 2.37. The third kappa shape index (κ3) is 3.08. The van der Waals surface area contributed by atoms with Gasteiger partial charge in [-0.15, -0.1) is 0 Å². The second kappa shape index (κ2) is 6.73. The highest BCUT2D eigenvalue weighted by molar-refractivity contribution is 5.80. The first-order valence-corrected chi connectivity index (χ1v) is 10.4. The summed E-state index contributed by atoms with van der Waals surface area (Å²) in [5, 5.41) is 7.58. The van der Waals surface area contributed by atoms with E-state index < -0.39 is 0 Å². The van der Waals surface area contributed by atoms with Crippen molar-refractivity contribution >= 4 is 5.96 Å². The van der Waals surface area contributed by atoms with Crippen LogP contribution < -0.4 is 10.6 Å². The van der Waals surface area contributed by atoms with Crippen LogP contribution in [0.2, 0.25) is 0 Å². The van der Waals surface area contributed by atoms with Crippen molar-refractivity contribution < 1.29 is 4.74 Å². The number of piperidine rings is 2. The molecular formula is C20H36N4O. The molecule has 3 saturated heterocycles. The summed E-state index contributed by atoms with van der Waals surface area (Å²) in [7, 11) is 2.32. The molecule has 0 amide bonds. The quantitative estimate of drug-likeness (QED) is 0.607. The van der Waals surface area contributed by atoms with Crippen LogP contribution in [0.5, 0.6) is 0 Å². The van der Waals surface area contributed by atoms with Crippen molar-refractivity contribution in [3.8, 4) is 0 Å². The first-order chi connectivity index (χ1) is 12.0. The van der Waals surface area contributed by atoms with E-state index in [-0.39, 0.29) is 5.41 Å². The minimum absolute atomic E-state index is 0.195. The zero-order chi connectivity index (χ0) is 17.6. The Hall–Kier alpha value is -0.810. The van der Waals surface area contributed by atoms with E-state index in [0.29, 0.717) is 24.1 Å². The van der Waals surface area contributed by atoms with Gasteiger partial charge in [0, 0.05) is 48.7 Å². The number of nitrogens with zero attached hydrogens (tertiary/aromatic N) is 2. The van der Waals surface area contributed by atoms with E-state index in [1.807, 2.05) is 0 Å². The summed E-state index contributed by atoms with van der Waals surface area (Å²) >= 11 is 0. The molecular weight excluding hydrogens is 312 g/mol. The highest BCUT2D eigenvalue weighted by atomic mass is 16.5. The first kappa shape index (κ1) is 17.6. The Morgan fingerprint density at radius 1 is 1.16 bits per heavy atom. The van der Waals surface area contributed by atoms with Gasteiger partial charge in [0.1, 0.15) is 0 Å². The maximum atomic E-state index is 5.95. The van der Waals surface area contributed by atoms with Crippen molar-refractivity contribution in [3.63, 3.8) is 0 Å². The number of hydrogen-bond donors (Lipinski definition) is 2. The minimum atomic E-state index is 0.195. The van der Waals surface area contributed by atoms with Crippen molar-refractivity contribution in [1.82, 2.24) is 15.5 Å². The second-order valence-corrected chi connectivity index (χ2v) is 9.23. The van der Waals surface area contributed by atoms with Crippen molar-refractivity contribution in [1.29, 1.82) is 0 Å². The molecule has 0 spiro atoms. The Balaban J connectivity index is 1.40. The molecule has 3 heterocycles. The molecule has 1 saturated carbocycles. The zero-order valence-corrected chi connectivity index (χ0v) is 16.4. The third-order valence-corrected chi connectivity index (χ3v) is 7.39. The molecule has 5 nitrogen and oxygen atoms in total. The smallest absolute Gasteiger partial charge is 0.191 e. The van der Waals surface area contributed by atoms with E-state index in [9.17, 15) is 0 Å². The summed E-state index contributed by atoms with van der Waals surface area (Å²) in [4.78, 5) is 7.40. The van der Waals surface area contributed by atoms with Crippen LogP contribution in [0.4, 0.5) is 0 Å². The van der Waals surface area contributed by atoms with Crippen molar-refractivity contribution in [2.24, 2.45) is 16.3 Å². The number of nitrogens with one attached hydrogen (secondary N) is 2. The number of hydrogen-bond acceptors (Lipinski definition) is 3. The monoisotopic (exact) mass is 348 g/mol. The van der Waals surface area contributed by atoms with Crippen LogP contribution in [0, 0.1) is 11.3 Å². The molecule has 25 heavy (non-hydrogen) atoms. The van der Waals surface area contributed by atoms with Gasteiger partial charge >= 0.3 is 0 Å². The zero-order valence-electron chi connectivity index (χ0n) is 16.4. The lowest BCUT2D eigenvalue weighted by Crippen LogP contribution is -2.68. The van der Waals surface area contributed by atoms with E-state index in [4.69, 9.17) is 9.73 Å². The molecule has 0 radical (unpaired) electrons. The molecule has 0 aromatic heterocycles. The average molecular weight is 349 g/mol. The Morgan fingerprint density at radius 3 is 2.56 bits per heavy atom. The summed E-state index contributed by atoms with van der Waals surface area (Å²) in [5.41, 5.74) is 0.195. The van der Waals surface area contributed by atoms with Gasteiger partial charge in [-0.05, 0) is 46.1 Å². The maximum Gasteiger partial charge on any atom is 0.191 e. The van der Waals surface area contributed by atoms with Gasteiger partial charge in [0.25, 0.3) is 0 Å². The van der Waals surface area contributed by atoms with E-state index in [1.165, 1.54) is 38.5 Å². The SMILES string of the molecule is CCN=C(NC1CC2CCCC(C1)N2C)NC1C2CCOC2C1(C)C. The van der Waals surface area contributed by atoms with Crippen LogP contribution >= 0.6 is 0 Å². The molecule has 1 aliphatic carbocycles. The summed E-state index contributed by atoms with van der Waals surface area (Å²) in [6, 6.07) is 2.54. The van der Waals surface area contributed by atoms with E-state index >= 15 is 0 Å². The Labute approximate surface area is 153 Å². The number of fused-ring (bicyclic) bond motifs is 3. The van der Waals surface area contributed by atoms with Crippen LogP contribution in [0.3, 0.4) is 0 Å². The van der Waals surface area contributed by atoms with Crippen LogP contribution in [0.15, 0.2) is 4.99 Å². The van der Waals surface area contributed by atoms with Crippen molar-refractivity contribution in [2.45, 2.75) is 89.6 Å². The molecule has 5 unspecified atom stereocenters. The molecule has 4 fully saturated rings. The van der Waals surface area contributed by atoms with Gasteiger partial charge < -0.3 is 20.3 Å². The molecule has 142 valence electrons. The van der Waals surface area contributed by atoms with Crippen LogP contribution in [-0.2, 0) is 4.74 Å². The van der Waals surface area contributed by atoms with E-state index in [1.54, 1.807) is 0 Å². The lowest BCUT2D eigenvalue weighted by molar-refractivity contribution is -0.107. The normalized spacial score (nSPS) is 43.3. The largest absolute Gasteiger partial charge is 0.377 e. The first-order valence-electron chi connectivity index (χ1n) is 10.4. The third-order valence-electron chi connectivity index (χ3n) is 7.39. The highest BCUT2D eigenvalue weighted by Gasteiger charge is 2.59. The van der Waals surface area contributed by atoms with Crippen LogP contribution in [-0.4, -0.2) is 61.3 Å². The molecule has 4 aliphatic rings. The number of ether oxygens (including phenoxy) is 1. The lowest BCUT2D eigenvalue weighted by atomic mass is 9.57. The Bertz CT molecular complexity index is 506.